The Kier molecular flexibility index (Phi) is 9.58. The second-order valence-corrected chi connectivity index (χ2v) is 11.5. The molecule has 12 nitrogen and oxygen atoms in total. The Bertz CT molecular complexity index is 1590. The highest BCUT2D eigenvalue weighted by Crippen LogP contribution is 2.50. The van der Waals surface area contributed by atoms with Crippen molar-refractivity contribution < 1.29 is 46.2 Å². The molecule has 6 atom stereocenters. The highest BCUT2D eigenvalue weighted by Gasteiger charge is 2.49. The van der Waals surface area contributed by atoms with Crippen LogP contribution in [0.2, 0.25) is 0 Å². The summed E-state index contributed by atoms with van der Waals surface area (Å²) in [4.78, 5) is 37.8. The van der Waals surface area contributed by atoms with Gasteiger partial charge in [0.05, 0.1) is 18.4 Å². The van der Waals surface area contributed by atoms with E-state index in [2.05, 4.69) is 5.09 Å². The molecule has 1 aromatic heterocycles. The van der Waals surface area contributed by atoms with Crippen molar-refractivity contribution >= 4 is 24.5 Å². The fourth-order valence-electron chi connectivity index (χ4n) is 4.34. The summed E-state index contributed by atoms with van der Waals surface area (Å²) in [5, 5.41) is 14.0. The molecule has 3 N–H and O–H groups in total. The number of fused-ring (bicyclic) bond motifs is 1. The lowest BCUT2D eigenvalue weighted by Gasteiger charge is -2.30. The quantitative estimate of drug-likeness (QED) is 0.216. The van der Waals surface area contributed by atoms with Crippen LogP contribution in [0.4, 0.5) is 13.2 Å². The molecule has 42 heavy (non-hydrogen) atoms. The first-order valence-electron chi connectivity index (χ1n) is 12.8. The minimum absolute atomic E-state index is 0.0255. The molecular formula is C26H29F3N3O9P. The summed E-state index contributed by atoms with van der Waals surface area (Å²) >= 11 is 0. The molecule has 0 unspecified atom stereocenters. The van der Waals surface area contributed by atoms with E-state index in [1.807, 2.05) is 0 Å². The van der Waals surface area contributed by atoms with Crippen molar-refractivity contribution in [2.75, 3.05) is 0 Å². The van der Waals surface area contributed by atoms with Crippen LogP contribution in [0, 0.1) is 5.82 Å². The van der Waals surface area contributed by atoms with E-state index in [0.717, 1.165) is 0 Å². The molecule has 0 radical (unpaired) electrons. The number of halogens is 3. The molecule has 0 spiro atoms. The molecule has 2 aromatic carbocycles. The van der Waals surface area contributed by atoms with E-state index in [1.54, 1.807) is 55.2 Å². The molecule has 0 saturated carbocycles. The van der Waals surface area contributed by atoms with E-state index in [-0.39, 0.29) is 5.75 Å². The van der Waals surface area contributed by atoms with E-state index < -0.39 is 80.3 Å². The molecule has 16 heteroatoms. The lowest BCUT2D eigenvalue weighted by Crippen LogP contribution is -2.44. The van der Waals surface area contributed by atoms with E-state index >= 15 is 0 Å². The SMILES string of the molecule is CC(C)OC(=O)[C@H](C)N[P@](=O)(Oc1cccc2ccccc12)O[C@H](C(F)F)[C@H]1O[C@@H](n2cc(F)c(=O)[nH]c2=O)C[C@@H]1O. The maximum absolute atomic E-state index is 14.5. The van der Waals surface area contributed by atoms with Crippen molar-refractivity contribution in [2.24, 2.45) is 0 Å². The van der Waals surface area contributed by atoms with Crippen LogP contribution in [-0.2, 0) is 23.4 Å². The van der Waals surface area contributed by atoms with Crippen LogP contribution in [0.25, 0.3) is 10.8 Å². The molecule has 1 saturated heterocycles. The van der Waals surface area contributed by atoms with Crippen LogP contribution in [0.5, 0.6) is 5.75 Å². The van der Waals surface area contributed by atoms with Gasteiger partial charge in [-0.15, -0.1) is 0 Å². The van der Waals surface area contributed by atoms with E-state index in [1.165, 1.54) is 13.0 Å². The summed E-state index contributed by atoms with van der Waals surface area (Å²) in [5.41, 5.74) is -2.42. The second kappa shape index (κ2) is 12.8. The van der Waals surface area contributed by atoms with Gasteiger partial charge in [-0.1, -0.05) is 36.4 Å². The third-order valence-corrected chi connectivity index (χ3v) is 7.89. The number of esters is 1. The smallest absolute Gasteiger partial charge is 0.460 e. The minimum Gasteiger partial charge on any atom is -0.462 e. The monoisotopic (exact) mass is 615 g/mol. The number of nitrogens with one attached hydrogen (secondary N) is 2. The normalized spacial score (nSPS) is 21.8. The molecule has 1 aliphatic rings. The topological polar surface area (TPSA) is 158 Å². The van der Waals surface area contributed by atoms with Gasteiger partial charge in [0, 0.05) is 11.8 Å². The van der Waals surface area contributed by atoms with Gasteiger partial charge in [0.25, 0.3) is 12.0 Å². The summed E-state index contributed by atoms with van der Waals surface area (Å²) in [6, 6.07) is 10.1. The van der Waals surface area contributed by atoms with Crippen LogP contribution >= 0.6 is 7.75 Å². The molecule has 2 heterocycles. The Hall–Kier alpha value is -3.49. The van der Waals surface area contributed by atoms with Crippen LogP contribution in [0.1, 0.15) is 33.4 Å². The number of aliphatic hydroxyl groups is 1. The second-order valence-electron chi connectivity index (χ2n) is 9.81. The molecule has 4 rings (SSSR count). The third-order valence-electron chi connectivity index (χ3n) is 6.23. The number of hydrogen-bond acceptors (Lipinski definition) is 9. The summed E-state index contributed by atoms with van der Waals surface area (Å²) in [7, 11) is -4.90. The first kappa shape index (κ1) is 31.4. The zero-order valence-corrected chi connectivity index (χ0v) is 23.5. The number of rotatable bonds is 11. The Morgan fingerprint density at radius 1 is 1.17 bits per heavy atom. The summed E-state index contributed by atoms with van der Waals surface area (Å²) in [6.45, 7) is 4.42. The van der Waals surface area contributed by atoms with Gasteiger partial charge in [0.1, 0.15) is 24.1 Å². The van der Waals surface area contributed by atoms with Crippen LogP contribution in [-0.4, -0.2) is 57.5 Å². The van der Waals surface area contributed by atoms with E-state index in [4.69, 9.17) is 18.5 Å². The number of hydrogen-bond donors (Lipinski definition) is 3. The van der Waals surface area contributed by atoms with Gasteiger partial charge >= 0.3 is 19.4 Å². The van der Waals surface area contributed by atoms with Gasteiger partial charge in [-0.3, -0.25) is 23.7 Å². The van der Waals surface area contributed by atoms with Gasteiger partial charge in [0.15, 0.2) is 6.10 Å². The first-order valence-corrected chi connectivity index (χ1v) is 14.4. The number of alkyl halides is 2. The largest absolute Gasteiger partial charge is 0.462 e. The Balaban J connectivity index is 1.67. The number of aliphatic hydroxyl groups excluding tert-OH is 1. The predicted molar refractivity (Wildman–Crippen MR) is 143 cm³/mol. The highest BCUT2D eigenvalue weighted by atomic mass is 31.2. The van der Waals surface area contributed by atoms with E-state index in [9.17, 15) is 37.2 Å². The van der Waals surface area contributed by atoms with Crippen LogP contribution in [0.15, 0.2) is 58.3 Å². The molecule has 0 aliphatic carbocycles. The fraction of sp³-hybridized carbons (Fsp3) is 0.423. The van der Waals surface area contributed by atoms with E-state index in [0.29, 0.717) is 21.5 Å². The number of aromatic amines is 1. The summed E-state index contributed by atoms with van der Waals surface area (Å²) in [5.74, 6) is -2.25. The highest BCUT2D eigenvalue weighted by molar-refractivity contribution is 7.52. The predicted octanol–water partition coefficient (Wildman–Crippen LogP) is 3.24. The molecular weight excluding hydrogens is 586 g/mol. The maximum atomic E-state index is 14.5. The molecule has 0 amide bonds. The van der Waals surface area contributed by atoms with Gasteiger partial charge in [-0.05, 0) is 32.2 Å². The Morgan fingerprint density at radius 3 is 2.55 bits per heavy atom. The Labute approximate surface area is 236 Å². The molecule has 228 valence electrons. The lowest BCUT2D eigenvalue weighted by molar-refractivity contribution is -0.149. The Morgan fingerprint density at radius 2 is 1.86 bits per heavy atom. The number of carbonyl (C=O) groups excluding carboxylic acids is 1. The third kappa shape index (κ3) is 7.10. The van der Waals surface area contributed by atoms with Gasteiger partial charge in [-0.25, -0.2) is 18.1 Å². The molecule has 1 fully saturated rings. The lowest BCUT2D eigenvalue weighted by atomic mass is 10.1. The number of aromatic nitrogens is 2. The number of ether oxygens (including phenoxy) is 2. The zero-order chi connectivity index (χ0) is 30.8. The summed E-state index contributed by atoms with van der Waals surface area (Å²) < 4.78 is 79.0. The van der Waals surface area contributed by atoms with Crippen LogP contribution < -0.4 is 20.9 Å². The average molecular weight is 615 g/mol. The van der Waals surface area contributed by atoms with Gasteiger partial charge in [-0.2, -0.15) is 9.48 Å². The maximum Gasteiger partial charge on any atom is 0.460 e. The van der Waals surface area contributed by atoms with Crippen molar-refractivity contribution in [3.8, 4) is 5.75 Å². The van der Waals surface area contributed by atoms with Gasteiger partial charge in [0.2, 0.25) is 5.82 Å². The molecule has 1 aliphatic heterocycles. The standard InChI is InChI=1S/C26H29F3N3O9P/c1-13(2)38-25(35)14(3)31-42(37,40-19-10-6-8-15-7-4-5-9-16(15)19)41-22(23(28)29)21-18(33)11-20(39-21)32-12-17(27)24(34)30-26(32)36/h4-10,12-14,18,20-23,33H,11H2,1-3H3,(H,31,37)(H,30,34,36)/t14-,18-,20+,21-,22-,42-/m0/s1. The van der Waals surface area contributed by atoms with Crippen molar-refractivity contribution in [3.63, 3.8) is 0 Å². The number of benzene rings is 2. The molecule has 0 bridgehead atoms. The van der Waals surface area contributed by atoms with Crippen molar-refractivity contribution in [1.82, 2.24) is 14.6 Å². The van der Waals surface area contributed by atoms with Crippen molar-refractivity contribution in [1.29, 1.82) is 0 Å². The number of carbonyl (C=O) groups is 1. The van der Waals surface area contributed by atoms with Crippen molar-refractivity contribution in [2.45, 2.75) is 70.3 Å². The molecule has 3 aromatic rings. The summed E-state index contributed by atoms with van der Waals surface area (Å²) in [6.07, 6.45) is -11.5. The van der Waals surface area contributed by atoms with Crippen molar-refractivity contribution in [3.05, 3.63) is 75.3 Å². The van der Waals surface area contributed by atoms with Crippen LogP contribution in [0.3, 0.4) is 0 Å². The van der Waals surface area contributed by atoms with Gasteiger partial charge < -0.3 is 19.1 Å². The minimum atomic E-state index is -4.90. The number of nitrogens with zero attached hydrogens (tertiary/aromatic N) is 1. The average Bonchev–Trinajstić information content (AvgIpc) is 3.29. The number of H-pyrrole nitrogens is 1. The zero-order valence-electron chi connectivity index (χ0n) is 22.6. The fourth-order valence-corrected chi connectivity index (χ4v) is 6.02. The first-order chi connectivity index (χ1) is 19.8.